The average Bonchev–Trinajstić information content (AvgIpc) is 3.32. The monoisotopic (exact) mass is 507 g/mol. The average molecular weight is 508 g/mol. The van der Waals surface area contributed by atoms with Crippen LogP contribution in [0.5, 0.6) is 0 Å². The molecule has 5 rings (SSSR count). The Bertz CT molecular complexity index is 1360. The summed E-state index contributed by atoms with van der Waals surface area (Å²) in [7, 11) is 4.38. The number of likely N-dealkylation sites (tertiary alicyclic amines) is 1. The Morgan fingerprint density at radius 1 is 0.868 bits per heavy atom. The van der Waals surface area contributed by atoms with Crippen molar-refractivity contribution in [1.29, 1.82) is 0 Å². The number of nitrogens with zero attached hydrogens (tertiary/aromatic N) is 4. The molecule has 2 heterocycles. The number of hydrogen-bond donors (Lipinski definition) is 1. The Labute approximate surface area is 225 Å². The number of primary amides is 1. The quantitative estimate of drug-likeness (QED) is 0.362. The molecule has 0 unspecified atom stereocenters. The summed E-state index contributed by atoms with van der Waals surface area (Å²) in [6.45, 7) is 5.30. The van der Waals surface area contributed by atoms with Gasteiger partial charge in [-0.25, -0.2) is 4.68 Å². The van der Waals surface area contributed by atoms with E-state index in [0.29, 0.717) is 0 Å². The summed E-state index contributed by atoms with van der Waals surface area (Å²) in [5, 5.41) is 4.31. The highest BCUT2D eigenvalue weighted by Crippen LogP contribution is 2.23. The van der Waals surface area contributed by atoms with Gasteiger partial charge >= 0.3 is 0 Å². The Balaban J connectivity index is 1.18. The SMILES string of the molecule is Cc1cc(C(N)=O)nn1-c1ccc(Cc2ccc(-c3ccc(CN4CCC(N(C)C)CC4)cc3)cc2)cc1. The first-order chi connectivity index (χ1) is 18.4. The van der Waals surface area contributed by atoms with Gasteiger partial charge in [0, 0.05) is 18.3 Å². The highest BCUT2D eigenvalue weighted by molar-refractivity contribution is 5.90. The summed E-state index contributed by atoms with van der Waals surface area (Å²) in [6.07, 6.45) is 3.36. The zero-order valence-corrected chi connectivity index (χ0v) is 22.6. The van der Waals surface area contributed by atoms with Gasteiger partial charge in [-0.3, -0.25) is 9.69 Å². The fraction of sp³-hybridized carbons (Fsp3) is 0.312. The van der Waals surface area contributed by atoms with E-state index in [1.165, 1.54) is 53.7 Å². The smallest absolute Gasteiger partial charge is 0.269 e. The van der Waals surface area contributed by atoms with Crippen LogP contribution in [-0.2, 0) is 13.0 Å². The van der Waals surface area contributed by atoms with Gasteiger partial charge in [0.2, 0.25) is 0 Å². The number of aromatic nitrogens is 2. The van der Waals surface area contributed by atoms with Crippen molar-refractivity contribution in [1.82, 2.24) is 19.6 Å². The predicted molar refractivity (Wildman–Crippen MR) is 153 cm³/mol. The minimum atomic E-state index is -0.515. The zero-order chi connectivity index (χ0) is 26.6. The Hall–Kier alpha value is -3.74. The molecule has 0 saturated carbocycles. The van der Waals surface area contributed by atoms with Crippen LogP contribution >= 0.6 is 0 Å². The first-order valence-corrected chi connectivity index (χ1v) is 13.4. The second kappa shape index (κ2) is 11.3. The lowest BCUT2D eigenvalue weighted by Gasteiger charge is -2.35. The van der Waals surface area contributed by atoms with Crippen molar-refractivity contribution in [2.24, 2.45) is 5.73 Å². The number of carbonyl (C=O) groups is 1. The minimum absolute atomic E-state index is 0.279. The molecular weight excluding hydrogens is 470 g/mol. The molecule has 1 aromatic heterocycles. The molecule has 0 aliphatic carbocycles. The van der Waals surface area contributed by atoms with Crippen LogP contribution in [0.15, 0.2) is 78.9 Å². The molecule has 1 saturated heterocycles. The van der Waals surface area contributed by atoms with E-state index in [1.54, 1.807) is 10.7 Å². The second-order valence-electron chi connectivity index (χ2n) is 10.7. The van der Waals surface area contributed by atoms with E-state index in [0.717, 1.165) is 30.4 Å². The van der Waals surface area contributed by atoms with Gasteiger partial charge in [-0.05, 0) is 99.4 Å². The molecule has 0 spiro atoms. The number of benzene rings is 3. The fourth-order valence-corrected chi connectivity index (χ4v) is 5.32. The Morgan fingerprint density at radius 3 is 1.89 bits per heavy atom. The van der Waals surface area contributed by atoms with E-state index in [1.807, 2.05) is 19.1 Å². The van der Waals surface area contributed by atoms with Gasteiger partial charge in [-0.15, -0.1) is 0 Å². The first kappa shape index (κ1) is 25.9. The van der Waals surface area contributed by atoms with Gasteiger partial charge in [0.25, 0.3) is 5.91 Å². The predicted octanol–water partition coefficient (Wildman–Crippen LogP) is 5.06. The van der Waals surface area contributed by atoms with Crippen LogP contribution in [0.1, 0.15) is 45.7 Å². The van der Waals surface area contributed by atoms with E-state index >= 15 is 0 Å². The highest BCUT2D eigenvalue weighted by Gasteiger charge is 2.20. The summed E-state index contributed by atoms with van der Waals surface area (Å²) in [5.74, 6) is -0.515. The van der Waals surface area contributed by atoms with E-state index in [9.17, 15) is 4.79 Å². The van der Waals surface area contributed by atoms with E-state index < -0.39 is 5.91 Å². The van der Waals surface area contributed by atoms with Crippen molar-refractivity contribution in [3.05, 3.63) is 107 Å². The normalized spacial score (nSPS) is 14.7. The van der Waals surface area contributed by atoms with Crippen LogP contribution in [0, 0.1) is 6.92 Å². The topological polar surface area (TPSA) is 67.4 Å². The van der Waals surface area contributed by atoms with E-state index in [2.05, 4.69) is 89.7 Å². The second-order valence-corrected chi connectivity index (χ2v) is 10.7. The van der Waals surface area contributed by atoms with Gasteiger partial charge in [-0.1, -0.05) is 60.7 Å². The van der Waals surface area contributed by atoms with Gasteiger partial charge in [0.1, 0.15) is 0 Å². The minimum Gasteiger partial charge on any atom is -0.364 e. The summed E-state index contributed by atoms with van der Waals surface area (Å²) in [5.41, 5.74) is 13.8. The molecule has 3 aromatic carbocycles. The van der Waals surface area contributed by atoms with Crippen LogP contribution in [0.3, 0.4) is 0 Å². The Kier molecular flexibility index (Phi) is 7.72. The lowest BCUT2D eigenvalue weighted by atomic mass is 9.99. The molecule has 38 heavy (non-hydrogen) atoms. The number of rotatable bonds is 8. The number of piperidine rings is 1. The molecule has 0 radical (unpaired) electrons. The largest absolute Gasteiger partial charge is 0.364 e. The van der Waals surface area contributed by atoms with Crippen molar-refractivity contribution >= 4 is 5.91 Å². The highest BCUT2D eigenvalue weighted by atomic mass is 16.1. The Morgan fingerprint density at radius 2 is 1.39 bits per heavy atom. The van der Waals surface area contributed by atoms with Crippen LogP contribution < -0.4 is 5.73 Å². The fourth-order valence-electron chi connectivity index (χ4n) is 5.32. The number of aryl methyl sites for hydroxylation is 1. The lowest BCUT2D eigenvalue weighted by Crippen LogP contribution is -2.41. The van der Waals surface area contributed by atoms with Crippen LogP contribution in [0.25, 0.3) is 16.8 Å². The lowest BCUT2D eigenvalue weighted by molar-refractivity contribution is 0.0995. The van der Waals surface area contributed by atoms with Gasteiger partial charge < -0.3 is 10.6 Å². The molecule has 1 aliphatic rings. The van der Waals surface area contributed by atoms with E-state index in [4.69, 9.17) is 5.73 Å². The molecule has 1 fully saturated rings. The maximum absolute atomic E-state index is 11.4. The number of nitrogens with two attached hydrogens (primary N) is 1. The molecule has 4 aromatic rings. The van der Waals surface area contributed by atoms with Crippen LogP contribution in [-0.4, -0.2) is 58.7 Å². The molecule has 1 aliphatic heterocycles. The number of carbonyl (C=O) groups excluding carboxylic acids is 1. The molecule has 1 amide bonds. The molecule has 6 nitrogen and oxygen atoms in total. The van der Waals surface area contributed by atoms with Crippen molar-refractivity contribution in [2.75, 3.05) is 27.2 Å². The van der Waals surface area contributed by atoms with E-state index in [-0.39, 0.29) is 5.69 Å². The summed E-state index contributed by atoms with van der Waals surface area (Å²) in [6, 6.07) is 28.6. The van der Waals surface area contributed by atoms with Crippen molar-refractivity contribution in [2.45, 2.75) is 38.8 Å². The number of hydrogen-bond acceptors (Lipinski definition) is 4. The molecule has 196 valence electrons. The van der Waals surface area contributed by atoms with Crippen molar-refractivity contribution in [3.8, 4) is 16.8 Å². The first-order valence-electron chi connectivity index (χ1n) is 13.4. The van der Waals surface area contributed by atoms with Crippen LogP contribution in [0.4, 0.5) is 0 Å². The summed E-state index contributed by atoms with van der Waals surface area (Å²) in [4.78, 5) is 16.4. The molecule has 0 bridgehead atoms. The van der Waals surface area contributed by atoms with Gasteiger partial charge in [-0.2, -0.15) is 5.10 Å². The molecule has 2 N–H and O–H groups in total. The standard InChI is InChI=1S/C32H37N5O/c1-23-20-31(32(33)38)34-37(23)30-14-8-25(9-15-30)21-24-4-10-27(11-5-24)28-12-6-26(7-13-28)22-36-18-16-29(17-19-36)35(2)3/h4-15,20,29H,16-19,21-22H2,1-3H3,(H2,33,38). The van der Waals surface area contributed by atoms with Crippen molar-refractivity contribution in [3.63, 3.8) is 0 Å². The van der Waals surface area contributed by atoms with Gasteiger partial charge in [0.15, 0.2) is 5.69 Å². The maximum Gasteiger partial charge on any atom is 0.269 e. The third-order valence-corrected chi connectivity index (χ3v) is 7.66. The third kappa shape index (κ3) is 6.04. The molecule has 6 heteroatoms. The maximum atomic E-state index is 11.4. The van der Waals surface area contributed by atoms with Crippen molar-refractivity contribution < 1.29 is 4.79 Å². The number of amides is 1. The molecular formula is C32H37N5O. The summed E-state index contributed by atoms with van der Waals surface area (Å²) >= 11 is 0. The molecule has 0 atom stereocenters. The zero-order valence-electron chi connectivity index (χ0n) is 22.6. The van der Waals surface area contributed by atoms with Gasteiger partial charge in [0.05, 0.1) is 5.69 Å². The third-order valence-electron chi connectivity index (χ3n) is 7.66. The summed E-state index contributed by atoms with van der Waals surface area (Å²) < 4.78 is 1.75. The van der Waals surface area contributed by atoms with Crippen LogP contribution in [0.2, 0.25) is 0 Å².